The van der Waals surface area contributed by atoms with Crippen molar-refractivity contribution >= 4 is 49.9 Å². The first-order valence-electron chi connectivity index (χ1n) is 11.7. The molecule has 1 N–H and O–H groups in total. The fraction of sp³-hybridized carbons (Fsp3) is 0.143. The largest absolute Gasteiger partial charge is 0.491 e. The van der Waals surface area contributed by atoms with Crippen LogP contribution in [0, 0.1) is 18.3 Å². The van der Waals surface area contributed by atoms with E-state index in [4.69, 9.17) is 16.3 Å². The molecular formula is C28H17ClF3N3O4S. The maximum Gasteiger partial charge on any atom is 0.416 e. The van der Waals surface area contributed by atoms with Gasteiger partial charge in [0, 0.05) is 26.2 Å². The lowest BCUT2D eigenvalue weighted by atomic mass is 10.0. The number of halogens is 4. The van der Waals surface area contributed by atoms with Gasteiger partial charge in [-0.25, -0.2) is 9.78 Å². The molecule has 0 aliphatic rings. The molecule has 0 radical (unpaired) electrons. The van der Waals surface area contributed by atoms with Crippen molar-refractivity contribution in [2.24, 2.45) is 0 Å². The van der Waals surface area contributed by atoms with Crippen LogP contribution in [0.1, 0.15) is 27.3 Å². The van der Waals surface area contributed by atoms with Crippen LogP contribution in [0.15, 0.2) is 58.7 Å². The van der Waals surface area contributed by atoms with Crippen LogP contribution < -0.4 is 10.3 Å². The molecule has 3 aromatic carbocycles. The number of benzene rings is 3. The summed E-state index contributed by atoms with van der Waals surface area (Å²) in [5.74, 6) is -0.456. The van der Waals surface area contributed by atoms with Gasteiger partial charge in [0.05, 0.1) is 34.1 Å². The maximum absolute atomic E-state index is 13.3. The van der Waals surface area contributed by atoms with Crippen molar-refractivity contribution in [3.8, 4) is 22.9 Å². The van der Waals surface area contributed by atoms with Gasteiger partial charge in [0.1, 0.15) is 24.3 Å². The highest BCUT2D eigenvalue weighted by atomic mass is 35.5. The molecule has 0 saturated heterocycles. The number of alkyl halides is 3. The van der Waals surface area contributed by atoms with Crippen LogP contribution in [0.5, 0.6) is 5.75 Å². The second-order valence-electron chi connectivity index (χ2n) is 8.77. The maximum atomic E-state index is 13.3. The predicted molar refractivity (Wildman–Crippen MR) is 145 cm³/mol. The van der Waals surface area contributed by atoms with Gasteiger partial charge in [-0.3, -0.25) is 9.36 Å². The predicted octanol–water partition coefficient (Wildman–Crippen LogP) is 6.91. The molecule has 0 unspecified atom stereocenters. The van der Waals surface area contributed by atoms with Crippen molar-refractivity contribution in [3.63, 3.8) is 0 Å². The van der Waals surface area contributed by atoms with Gasteiger partial charge in [-0.1, -0.05) is 23.7 Å². The normalized spacial score (nSPS) is 11.6. The van der Waals surface area contributed by atoms with Crippen molar-refractivity contribution in [3.05, 3.63) is 91.8 Å². The molecule has 0 spiro atoms. The van der Waals surface area contributed by atoms with E-state index in [1.54, 1.807) is 36.4 Å². The molecule has 0 aliphatic carbocycles. The second kappa shape index (κ2) is 10.3. The number of hydrogen-bond acceptors (Lipinski definition) is 6. The van der Waals surface area contributed by atoms with Crippen LogP contribution >= 0.6 is 22.9 Å². The van der Waals surface area contributed by atoms with Gasteiger partial charge >= 0.3 is 12.1 Å². The second-order valence-corrected chi connectivity index (χ2v) is 10.1. The smallest absolute Gasteiger partial charge is 0.416 e. The third-order valence-corrected chi connectivity index (χ3v) is 7.60. The Morgan fingerprint density at radius 3 is 2.67 bits per heavy atom. The van der Waals surface area contributed by atoms with E-state index in [2.05, 4.69) is 4.98 Å². The summed E-state index contributed by atoms with van der Waals surface area (Å²) >= 11 is 7.54. The first-order valence-corrected chi connectivity index (χ1v) is 12.9. The first kappa shape index (κ1) is 27.2. The summed E-state index contributed by atoms with van der Waals surface area (Å²) in [5.41, 5.74) is -0.823. The molecule has 202 valence electrons. The van der Waals surface area contributed by atoms with E-state index in [0.717, 1.165) is 11.6 Å². The Kier molecular flexibility index (Phi) is 6.99. The number of aryl methyl sites for hydroxylation is 1. The summed E-state index contributed by atoms with van der Waals surface area (Å²) in [6, 6.07) is 13.0. The molecule has 2 heterocycles. The molecule has 40 heavy (non-hydrogen) atoms. The number of ether oxygens (including phenoxy) is 1. The molecule has 0 aliphatic heterocycles. The van der Waals surface area contributed by atoms with Crippen LogP contribution in [-0.4, -0.2) is 27.2 Å². The van der Waals surface area contributed by atoms with E-state index < -0.39 is 28.8 Å². The SMILES string of the molecule is Cc1nc2cc(C(F)(F)F)cc(C#N)c2c(=O)n1CCOc1ccc(Cl)cc1-c1csc2c(C(=O)O)cccc12. The summed E-state index contributed by atoms with van der Waals surface area (Å²) in [6.45, 7) is 1.46. The van der Waals surface area contributed by atoms with Gasteiger partial charge < -0.3 is 9.84 Å². The number of thiophene rings is 1. The lowest BCUT2D eigenvalue weighted by Crippen LogP contribution is -2.27. The summed E-state index contributed by atoms with van der Waals surface area (Å²) in [5, 5.41) is 21.7. The number of fused-ring (bicyclic) bond motifs is 2. The van der Waals surface area contributed by atoms with Gasteiger partial charge in [0.2, 0.25) is 0 Å². The number of carbonyl (C=O) groups is 1. The highest BCUT2D eigenvalue weighted by Gasteiger charge is 2.32. The zero-order chi connectivity index (χ0) is 28.8. The lowest BCUT2D eigenvalue weighted by Gasteiger charge is -2.15. The molecule has 5 rings (SSSR count). The number of rotatable bonds is 6. The first-order chi connectivity index (χ1) is 19.0. The minimum absolute atomic E-state index is 0.00485. The molecule has 12 heteroatoms. The summed E-state index contributed by atoms with van der Waals surface area (Å²) < 4.78 is 47.7. The molecule has 5 aromatic rings. The van der Waals surface area contributed by atoms with Crippen LogP contribution in [-0.2, 0) is 12.7 Å². The van der Waals surface area contributed by atoms with Crippen molar-refractivity contribution in [2.45, 2.75) is 19.6 Å². The minimum atomic E-state index is -4.70. The standard InChI is InChI=1S/C28H17ClF3N3O4S/c1-14-34-22-10-16(28(30,31)32)9-15(12-33)24(22)26(36)35(14)7-8-39-23-6-5-17(29)11-20(23)21-13-40-25-18(21)3-2-4-19(25)27(37)38/h2-6,9-11,13H,7-8H2,1H3,(H,37,38). The highest BCUT2D eigenvalue weighted by molar-refractivity contribution is 7.18. The van der Waals surface area contributed by atoms with Gasteiger partial charge in [0.25, 0.3) is 5.56 Å². The molecule has 2 aromatic heterocycles. The monoisotopic (exact) mass is 583 g/mol. The highest BCUT2D eigenvalue weighted by Crippen LogP contribution is 2.41. The zero-order valence-electron chi connectivity index (χ0n) is 20.5. The molecular weight excluding hydrogens is 567 g/mol. The van der Waals surface area contributed by atoms with Crippen LogP contribution in [0.3, 0.4) is 0 Å². The quantitative estimate of drug-likeness (QED) is 0.233. The van der Waals surface area contributed by atoms with E-state index in [0.29, 0.717) is 32.5 Å². The zero-order valence-corrected chi connectivity index (χ0v) is 22.1. The van der Waals surface area contributed by atoms with Gasteiger partial charge in [-0.05, 0) is 48.7 Å². The Hall–Kier alpha value is -4.40. The van der Waals surface area contributed by atoms with Crippen molar-refractivity contribution in [1.82, 2.24) is 9.55 Å². The van der Waals surface area contributed by atoms with Gasteiger partial charge in [-0.2, -0.15) is 18.4 Å². The molecule has 0 saturated carbocycles. The number of hydrogen-bond donors (Lipinski definition) is 1. The molecule has 7 nitrogen and oxygen atoms in total. The molecule has 0 amide bonds. The van der Waals surface area contributed by atoms with E-state index in [1.165, 1.54) is 28.9 Å². The molecule has 0 fully saturated rings. The topological polar surface area (TPSA) is 105 Å². The number of aromatic carboxylic acids is 1. The number of nitrogens with zero attached hydrogens (tertiary/aromatic N) is 3. The van der Waals surface area contributed by atoms with E-state index >= 15 is 0 Å². The average molecular weight is 584 g/mol. The number of carboxylic acid groups (broad SMARTS) is 1. The lowest BCUT2D eigenvalue weighted by molar-refractivity contribution is -0.137. The fourth-order valence-electron chi connectivity index (χ4n) is 4.49. The Balaban J connectivity index is 1.48. The van der Waals surface area contributed by atoms with Crippen LogP contribution in [0.2, 0.25) is 5.02 Å². The average Bonchev–Trinajstić information content (AvgIpc) is 3.34. The minimum Gasteiger partial charge on any atom is -0.491 e. The summed E-state index contributed by atoms with van der Waals surface area (Å²) in [4.78, 5) is 29.1. The summed E-state index contributed by atoms with van der Waals surface area (Å²) in [6.07, 6.45) is -4.70. The van der Waals surface area contributed by atoms with Crippen molar-refractivity contribution in [2.75, 3.05) is 6.61 Å². The van der Waals surface area contributed by atoms with Crippen molar-refractivity contribution < 1.29 is 27.8 Å². The van der Waals surface area contributed by atoms with E-state index in [-0.39, 0.29) is 35.4 Å². The van der Waals surface area contributed by atoms with Gasteiger partial charge in [-0.15, -0.1) is 11.3 Å². The Morgan fingerprint density at radius 1 is 1.20 bits per heavy atom. The van der Waals surface area contributed by atoms with Gasteiger partial charge in [0.15, 0.2) is 0 Å². The number of nitriles is 1. The third kappa shape index (κ3) is 4.87. The Labute approximate surface area is 233 Å². The Morgan fingerprint density at radius 2 is 1.98 bits per heavy atom. The van der Waals surface area contributed by atoms with E-state index in [1.807, 2.05) is 5.38 Å². The number of carboxylic acids is 1. The third-order valence-electron chi connectivity index (χ3n) is 6.33. The fourth-order valence-corrected chi connectivity index (χ4v) is 5.74. The van der Waals surface area contributed by atoms with Crippen LogP contribution in [0.4, 0.5) is 13.2 Å². The number of aromatic nitrogens is 2. The summed E-state index contributed by atoms with van der Waals surface area (Å²) in [7, 11) is 0. The molecule has 0 atom stereocenters. The molecule has 0 bridgehead atoms. The van der Waals surface area contributed by atoms with Crippen molar-refractivity contribution in [1.29, 1.82) is 5.26 Å². The van der Waals surface area contributed by atoms with E-state index in [9.17, 15) is 33.1 Å². The van der Waals surface area contributed by atoms with Crippen LogP contribution in [0.25, 0.3) is 32.1 Å². The Bertz CT molecular complexity index is 1930.